The average Bonchev–Trinajstić information content (AvgIpc) is 2.75. The van der Waals surface area contributed by atoms with Crippen LogP contribution in [-0.2, 0) is 22.8 Å². The molecule has 0 saturated heterocycles. The molecule has 0 aliphatic carbocycles. The highest BCUT2D eigenvalue weighted by Crippen LogP contribution is 2.25. The molecule has 5 nitrogen and oxygen atoms in total. The SMILES string of the molecule is O=C(NC1CCc2ccccc2NC1S)OOCc1ccccc1. The first-order chi connectivity index (χ1) is 11.7. The van der Waals surface area contributed by atoms with Crippen LogP contribution in [0.2, 0.25) is 0 Å². The minimum absolute atomic E-state index is 0.159. The maximum absolute atomic E-state index is 11.9. The monoisotopic (exact) mass is 344 g/mol. The van der Waals surface area contributed by atoms with Crippen LogP contribution in [0.5, 0.6) is 0 Å². The van der Waals surface area contributed by atoms with Crippen LogP contribution in [0.3, 0.4) is 0 Å². The van der Waals surface area contributed by atoms with Crippen LogP contribution < -0.4 is 10.6 Å². The highest BCUT2D eigenvalue weighted by Gasteiger charge is 2.25. The van der Waals surface area contributed by atoms with Gasteiger partial charge in [-0.2, -0.15) is 17.5 Å². The van der Waals surface area contributed by atoms with Crippen LogP contribution in [-0.4, -0.2) is 17.5 Å². The van der Waals surface area contributed by atoms with Crippen molar-refractivity contribution in [1.29, 1.82) is 0 Å². The number of amides is 1. The molecule has 0 radical (unpaired) electrons. The zero-order chi connectivity index (χ0) is 16.8. The van der Waals surface area contributed by atoms with Crippen molar-refractivity contribution in [1.82, 2.24) is 5.32 Å². The minimum atomic E-state index is -0.609. The standard InChI is InChI=1S/C18H20N2O3S/c21-18(23-22-12-13-6-2-1-3-7-13)20-16-11-10-14-8-4-5-9-15(14)19-17(16)24/h1-9,16-17,19,24H,10-12H2,(H,20,21). The number of carbonyl (C=O) groups excluding carboxylic acids is 1. The third-order valence-corrected chi connectivity index (χ3v) is 4.42. The molecule has 0 aromatic heterocycles. The molecule has 1 aliphatic rings. The number of benzene rings is 2. The van der Waals surface area contributed by atoms with E-state index in [1.807, 2.05) is 48.5 Å². The molecule has 126 valence electrons. The number of para-hydroxylation sites is 1. The quantitative estimate of drug-likeness (QED) is 0.451. The van der Waals surface area contributed by atoms with Gasteiger partial charge in [-0.15, -0.1) is 0 Å². The molecule has 2 aromatic rings. The number of hydrogen-bond donors (Lipinski definition) is 3. The van der Waals surface area contributed by atoms with Gasteiger partial charge < -0.3 is 10.6 Å². The first-order valence-corrected chi connectivity index (χ1v) is 8.40. The second-order valence-electron chi connectivity index (χ2n) is 5.65. The molecule has 1 aliphatic heterocycles. The van der Waals surface area contributed by atoms with Crippen LogP contribution in [0.1, 0.15) is 17.5 Å². The highest BCUT2D eigenvalue weighted by atomic mass is 32.1. The number of anilines is 1. The zero-order valence-electron chi connectivity index (χ0n) is 13.1. The maximum atomic E-state index is 11.9. The third kappa shape index (κ3) is 4.43. The van der Waals surface area contributed by atoms with Crippen LogP contribution >= 0.6 is 12.6 Å². The first kappa shape index (κ1) is 16.7. The third-order valence-electron chi connectivity index (χ3n) is 3.93. The Balaban J connectivity index is 1.48. The summed E-state index contributed by atoms with van der Waals surface area (Å²) in [7, 11) is 0. The van der Waals surface area contributed by atoms with E-state index >= 15 is 0 Å². The van der Waals surface area contributed by atoms with Gasteiger partial charge in [0, 0.05) is 5.69 Å². The van der Waals surface area contributed by atoms with E-state index in [0.717, 1.165) is 24.1 Å². The van der Waals surface area contributed by atoms with Crippen molar-refractivity contribution in [2.75, 3.05) is 5.32 Å². The zero-order valence-corrected chi connectivity index (χ0v) is 14.0. The summed E-state index contributed by atoms with van der Waals surface area (Å²) in [6, 6.07) is 17.4. The van der Waals surface area contributed by atoms with Crippen molar-refractivity contribution in [3.63, 3.8) is 0 Å². The Morgan fingerprint density at radius 1 is 1.17 bits per heavy atom. The second-order valence-corrected chi connectivity index (χ2v) is 6.21. The molecular formula is C18H20N2O3S. The normalized spacial score (nSPS) is 19.5. The van der Waals surface area contributed by atoms with Crippen LogP contribution in [0.15, 0.2) is 54.6 Å². The Morgan fingerprint density at radius 3 is 2.75 bits per heavy atom. The summed E-state index contributed by atoms with van der Waals surface area (Å²) in [5.41, 5.74) is 3.20. The molecule has 2 unspecified atom stereocenters. The fraction of sp³-hybridized carbons (Fsp3) is 0.278. The average molecular weight is 344 g/mol. The van der Waals surface area contributed by atoms with Gasteiger partial charge in [0.05, 0.1) is 11.4 Å². The summed E-state index contributed by atoms with van der Waals surface area (Å²) < 4.78 is 0. The number of fused-ring (bicyclic) bond motifs is 1. The van der Waals surface area contributed by atoms with Gasteiger partial charge in [-0.05, 0) is 30.0 Å². The predicted molar refractivity (Wildman–Crippen MR) is 95.8 cm³/mol. The van der Waals surface area contributed by atoms with Gasteiger partial charge >= 0.3 is 6.09 Å². The lowest BCUT2D eigenvalue weighted by atomic mass is 10.1. The molecule has 0 fully saturated rings. The Labute approximate surface area is 146 Å². The van der Waals surface area contributed by atoms with E-state index in [9.17, 15) is 4.79 Å². The first-order valence-electron chi connectivity index (χ1n) is 7.89. The Kier molecular flexibility index (Phi) is 5.61. The van der Waals surface area contributed by atoms with Gasteiger partial charge in [0.25, 0.3) is 0 Å². The van der Waals surface area contributed by atoms with Crippen molar-refractivity contribution in [2.45, 2.75) is 30.9 Å². The van der Waals surface area contributed by atoms with E-state index in [0.29, 0.717) is 0 Å². The lowest BCUT2D eigenvalue weighted by molar-refractivity contribution is -0.249. The topological polar surface area (TPSA) is 59.6 Å². The molecule has 6 heteroatoms. The Bertz CT molecular complexity index is 681. The molecule has 1 heterocycles. The van der Waals surface area contributed by atoms with Crippen molar-refractivity contribution in [2.24, 2.45) is 0 Å². The molecule has 0 spiro atoms. The molecule has 2 atom stereocenters. The number of rotatable bonds is 4. The molecule has 2 N–H and O–H groups in total. The lowest BCUT2D eigenvalue weighted by Crippen LogP contribution is -2.43. The van der Waals surface area contributed by atoms with Crippen molar-refractivity contribution >= 4 is 24.4 Å². The number of hydrogen-bond acceptors (Lipinski definition) is 5. The van der Waals surface area contributed by atoms with Crippen LogP contribution in [0.4, 0.5) is 10.5 Å². The van der Waals surface area contributed by atoms with E-state index in [4.69, 9.17) is 9.78 Å². The smallest absolute Gasteiger partial charge is 0.371 e. The van der Waals surface area contributed by atoms with Crippen LogP contribution in [0, 0.1) is 0 Å². The van der Waals surface area contributed by atoms with E-state index in [1.54, 1.807) is 0 Å². The van der Waals surface area contributed by atoms with Gasteiger partial charge in [0.1, 0.15) is 6.61 Å². The summed E-state index contributed by atoms with van der Waals surface area (Å²) in [5.74, 6) is 0. The molecule has 3 rings (SSSR count). The summed E-state index contributed by atoms with van der Waals surface area (Å²) in [6.45, 7) is 0.215. The van der Waals surface area contributed by atoms with Crippen LogP contribution in [0.25, 0.3) is 0 Å². The summed E-state index contributed by atoms with van der Waals surface area (Å²) in [4.78, 5) is 21.7. The fourth-order valence-electron chi connectivity index (χ4n) is 2.66. The maximum Gasteiger partial charge on any atom is 0.439 e. The molecular weight excluding hydrogens is 324 g/mol. The number of carbonyl (C=O) groups is 1. The number of aryl methyl sites for hydroxylation is 1. The van der Waals surface area contributed by atoms with E-state index in [2.05, 4.69) is 29.3 Å². The van der Waals surface area contributed by atoms with Crippen molar-refractivity contribution in [3.05, 3.63) is 65.7 Å². The number of thiol groups is 1. The van der Waals surface area contributed by atoms with E-state index < -0.39 is 6.09 Å². The second kappa shape index (κ2) is 8.08. The van der Waals surface area contributed by atoms with E-state index in [1.165, 1.54) is 5.56 Å². The number of nitrogens with one attached hydrogen (secondary N) is 2. The van der Waals surface area contributed by atoms with E-state index in [-0.39, 0.29) is 18.0 Å². The predicted octanol–water partition coefficient (Wildman–Crippen LogP) is 3.53. The largest absolute Gasteiger partial charge is 0.439 e. The Morgan fingerprint density at radius 2 is 1.92 bits per heavy atom. The van der Waals surface area contributed by atoms with Gasteiger partial charge in [-0.25, -0.2) is 4.79 Å². The fourth-order valence-corrected chi connectivity index (χ4v) is 3.02. The van der Waals surface area contributed by atoms with Gasteiger partial charge in [-0.1, -0.05) is 48.5 Å². The molecule has 2 aromatic carbocycles. The van der Waals surface area contributed by atoms with Crippen molar-refractivity contribution < 1.29 is 14.6 Å². The molecule has 1 amide bonds. The molecule has 0 bridgehead atoms. The lowest BCUT2D eigenvalue weighted by Gasteiger charge is -2.22. The summed E-state index contributed by atoms with van der Waals surface area (Å²) in [5, 5.41) is 5.92. The summed E-state index contributed by atoms with van der Waals surface area (Å²) >= 11 is 4.55. The highest BCUT2D eigenvalue weighted by molar-refractivity contribution is 7.81. The minimum Gasteiger partial charge on any atom is -0.371 e. The molecule has 0 saturated carbocycles. The Hall–Kier alpha value is -2.18. The molecule has 24 heavy (non-hydrogen) atoms. The van der Waals surface area contributed by atoms with Crippen molar-refractivity contribution in [3.8, 4) is 0 Å². The summed E-state index contributed by atoms with van der Waals surface area (Å²) in [6.07, 6.45) is 1.02. The van der Waals surface area contributed by atoms with Gasteiger partial charge in [-0.3, -0.25) is 4.89 Å². The van der Waals surface area contributed by atoms with Gasteiger partial charge in [0.15, 0.2) is 0 Å². The van der Waals surface area contributed by atoms with Gasteiger partial charge in [0.2, 0.25) is 0 Å².